The van der Waals surface area contributed by atoms with Gasteiger partial charge in [-0.3, -0.25) is 0 Å². The van der Waals surface area contributed by atoms with E-state index in [1.165, 1.54) is 0 Å². The minimum Gasteiger partial charge on any atom is -0.232 e. The Morgan fingerprint density at radius 1 is 1.06 bits per heavy atom. The molecule has 0 saturated heterocycles. The molecule has 2 rings (SSSR count). The fourth-order valence-corrected chi connectivity index (χ4v) is 1.39. The smallest absolute Gasteiger partial charge is 0.223 e. The number of pyridine rings is 1. The zero-order valence-corrected chi connectivity index (χ0v) is 9.39. The van der Waals surface area contributed by atoms with Gasteiger partial charge in [0.05, 0.1) is 0 Å². The lowest BCUT2D eigenvalue weighted by atomic mass is 10.2. The van der Waals surface area contributed by atoms with Gasteiger partial charge in [-0.1, -0.05) is 17.7 Å². The number of halogens is 1. The second-order valence-corrected chi connectivity index (χ2v) is 3.69. The van der Waals surface area contributed by atoms with Crippen molar-refractivity contribution in [3.05, 3.63) is 72.0 Å². The summed E-state index contributed by atoms with van der Waals surface area (Å²) >= 11 is 5.80. The van der Waals surface area contributed by atoms with Crippen molar-refractivity contribution in [3.8, 4) is 0 Å². The minimum atomic E-state index is 0.577. The molecular formula is C13H11ClNO+. The molecular weight excluding hydrogens is 222 g/mol. The first-order valence-corrected chi connectivity index (χ1v) is 5.23. The van der Waals surface area contributed by atoms with Crippen LogP contribution in [0.15, 0.2) is 61.4 Å². The summed E-state index contributed by atoms with van der Waals surface area (Å²) in [6.07, 6.45) is 3.61. The van der Waals surface area contributed by atoms with Gasteiger partial charge in [0.15, 0.2) is 0 Å². The van der Waals surface area contributed by atoms with Gasteiger partial charge in [0.2, 0.25) is 18.2 Å². The molecule has 0 radical (unpaired) electrons. The van der Waals surface area contributed by atoms with Gasteiger partial charge in [-0.25, -0.2) is 4.84 Å². The van der Waals surface area contributed by atoms with Crippen LogP contribution in [0.4, 0.5) is 0 Å². The van der Waals surface area contributed by atoms with E-state index in [9.17, 15) is 0 Å². The molecule has 0 spiro atoms. The molecule has 0 atom stereocenters. The monoisotopic (exact) mass is 232 g/mol. The molecule has 0 fully saturated rings. The van der Waals surface area contributed by atoms with E-state index in [4.69, 9.17) is 16.4 Å². The van der Waals surface area contributed by atoms with E-state index in [1.54, 1.807) is 29.3 Å². The fraction of sp³-hybridized carbons (Fsp3) is 0. The zero-order chi connectivity index (χ0) is 11.4. The van der Waals surface area contributed by atoms with Crippen LogP contribution in [0.1, 0.15) is 5.56 Å². The third-order valence-corrected chi connectivity index (χ3v) is 2.32. The lowest BCUT2D eigenvalue weighted by Gasteiger charge is -2.01. The molecule has 2 nitrogen and oxygen atoms in total. The molecule has 0 amide bonds. The number of hydrogen-bond donors (Lipinski definition) is 0. The summed E-state index contributed by atoms with van der Waals surface area (Å²) in [6, 6.07) is 13.0. The highest BCUT2D eigenvalue weighted by Gasteiger charge is 2.06. The van der Waals surface area contributed by atoms with Crippen molar-refractivity contribution in [1.82, 2.24) is 0 Å². The summed E-state index contributed by atoms with van der Waals surface area (Å²) in [5.41, 5.74) is 0.903. The van der Waals surface area contributed by atoms with Gasteiger partial charge in [0.25, 0.3) is 0 Å². The first-order chi connectivity index (χ1) is 7.75. The predicted octanol–water partition coefficient (Wildman–Crippen LogP) is 2.73. The van der Waals surface area contributed by atoms with E-state index in [-0.39, 0.29) is 0 Å². The van der Waals surface area contributed by atoms with Gasteiger partial charge in [0, 0.05) is 27.4 Å². The second-order valence-electron chi connectivity index (χ2n) is 3.26. The van der Waals surface area contributed by atoms with Crippen LogP contribution in [0, 0.1) is 0 Å². The lowest BCUT2D eigenvalue weighted by molar-refractivity contribution is -0.871. The highest BCUT2D eigenvalue weighted by Crippen LogP contribution is 2.14. The summed E-state index contributed by atoms with van der Waals surface area (Å²) in [7, 11) is 0. The standard InChI is InChI=1S/C13H11ClNO/c1-11(12-5-7-13(14)8-6-12)16-15-9-3-2-4-10-15/h2-10H,1H2/q+1. The van der Waals surface area contributed by atoms with Crippen LogP contribution in [-0.2, 0) is 0 Å². The molecule has 1 aromatic heterocycles. The van der Waals surface area contributed by atoms with E-state index in [0.29, 0.717) is 10.8 Å². The molecule has 0 saturated carbocycles. The molecule has 0 aliphatic heterocycles. The number of aromatic nitrogens is 1. The maximum atomic E-state index is 5.80. The Morgan fingerprint density at radius 2 is 1.69 bits per heavy atom. The summed E-state index contributed by atoms with van der Waals surface area (Å²) in [5.74, 6) is 0.577. The topological polar surface area (TPSA) is 13.1 Å². The molecule has 1 heterocycles. The van der Waals surface area contributed by atoms with Crippen molar-refractivity contribution in [1.29, 1.82) is 0 Å². The predicted molar refractivity (Wildman–Crippen MR) is 63.7 cm³/mol. The Morgan fingerprint density at radius 3 is 2.31 bits per heavy atom. The van der Waals surface area contributed by atoms with E-state index >= 15 is 0 Å². The third-order valence-electron chi connectivity index (χ3n) is 2.07. The molecule has 3 heteroatoms. The van der Waals surface area contributed by atoms with Crippen molar-refractivity contribution in [2.45, 2.75) is 0 Å². The Kier molecular flexibility index (Phi) is 3.22. The van der Waals surface area contributed by atoms with Crippen LogP contribution in [-0.4, -0.2) is 0 Å². The van der Waals surface area contributed by atoms with Crippen molar-refractivity contribution in [2.24, 2.45) is 0 Å². The van der Waals surface area contributed by atoms with Crippen LogP contribution in [0.25, 0.3) is 5.76 Å². The summed E-state index contributed by atoms with van der Waals surface area (Å²) in [6.45, 7) is 3.86. The van der Waals surface area contributed by atoms with Gasteiger partial charge in [-0.05, 0) is 30.8 Å². The van der Waals surface area contributed by atoms with Crippen LogP contribution in [0.3, 0.4) is 0 Å². The van der Waals surface area contributed by atoms with Gasteiger partial charge in [0.1, 0.15) is 0 Å². The Labute approximate surface area is 99.3 Å². The largest absolute Gasteiger partial charge is 0.232 e. The second kappa shape index (κ2) is 4.81. The average molecular weight is 233 g/mol. The maximum absolute atomic E-state index is 5.80. The minimum absolute atomic E-state index is 0.577. The molecule has 0 N–H and O–H groups in total. The molecule has 0 bridgehead atoms. The highest BCUT2D eigenvalue weighted by atomic mass is 35.5. The van der Waals surface area contributed by atoms with Crippen LogP contribution < -0.4 is 9.57 Å². The number of benzene rings is 1. The first kappa shape index (κ1) is 10.7. The normalized spacial score (nSPS) is 9.81. The summed E-state index contributed by atoms with van der Waals surface area (Å²) in [5, 5.41) is 0.698. The SMILES string of the molecule is C=C(O[n+]1ccccc1)c1ccc(Cl)cc1. The lowest BCUT2D eigenvalue weighted by Crippen LogP contribution is -2.40. The van der Waals surface area contributed by atoms with Gasteiger partial charge in [-0.2, -0.15) is 0 Å². The van der Waals surface area contributed by atoms with Gasteiger partial charge >= 0.3 is 0 Å². The first-order valence-electron chi connectivity index (χ1n) is 4.85. The molecule has 0 unspecified atom stereocenters. The van der Waals surface area contributed by atoms with Crippen molar-refractivity contribution in [2.75, 3.05) is 0 Å². The van der Waals surface area contributed by atoms with Crippen molar-refractivity contribution in [3.63, 3.8) is 0 Å². The number of hydrogen-bond acceptors (Lipinski definition) is 1. The highest BCUT2D eigenvalue weighted by molar-refractivity contribution is 6.30. The molecule has 80 valence electrons. The molecule has 0 aliphatic rings. The fourth-order valence-electron chi connectivity index (χ4n) is 1.26. The van der Waals surface area contributed by atoms with Crippen LogP contribution >= 0.6 is 11.6 Å². The number of nitrogens with zero attached hydrogens (tertiary/aromatic N) is 1. The average Bonchev–Trinajstić information content (AvgIpc) is 2.31. The van der Waals surface area contributed by atoms with Crippen LogP contribution in [0.2, 0.25) is 5.02 Å². The number of rotatable bonds is 3. The Balaban J connectivity index is 2.12. The third kappa shape index (κ3) is 2.61. The summed E-state index contributed by atoms with van der Waals surface area (Å²) < 4.78 is 1.59. The quantitative estimate of drug-likeness (QED) is 0.586. The Hall–Kier alpha value is -1.80. The van der Waals surface area contributed by atoms with Crippen LogP contribution in [0.5, 0.6) is 0 Å². The van der Waals surface area contributed by atoms with Crippen molar-refractivity contribution < 1.29 is 9.57 Å². The van der Waals surface area contributed by atoms with E-state index in [1.807, 2.05) is 30.3 Å². The molecule has 1 aromatic carbocycles. The molecule has 0 aliphatic carbocycles. The van der Waals surface area contributed by atoms with Gasteiger partial charge < -0.3 is 0 Å². The Bertz CT molecular complexity index is 479. The molecule has 2 aromatic rings. The van der Waals surface area contributed by atoms with E-state index in [2.05, 4.69) is 6.58 Å². The zero-order valence-electron chi connectivity index (χ0n) is 8.64. The van der Waals surface area contributed by atoms with E-state index in [0.717, 1.165) is 5.56 Å². The van der Waals surface area contributed by atoms with E-state index < -0.39 is 0 Å². The van der Waals surface area contributed by atoms with Crippen molar-refractivity contribution >= 4 is 17.4 Å². The summed E-state index contributed by atoms with van der Waals surface area (Å²) in [4.78, 5) is 5.52. The maximum Gasteiger partial charge on any atom is 0.223 e. The van der Waals surface area contributed by atoms with Gasteiger partial charge in [-0.15, -0.1) is 0 Å². The molecule has 16 heavy (non-hydrogen) atoms.